The van der Waals surface area contributed by atoms with Crippen molar-refractivity contribution >= 4 is 21.7 Å². The first-order chi connectivity index (χ1) is 7.02. The summed E-state index contributed by atoms with van der Waals surface area (Å²) < 4.78 is 6.03. The van der Waals surface area contributed by atoms with Crippen LogP contribution in [0.2, 0.25) is 0 Å². The second-order valence-corrected chi connectivity index (χ2v) is 4.13. The summed E-state index contributed by atoms with van der Waals surface area (Å²) in [5, 5.41) is 0. The quantitative estimate of drug-likeness (QED) is 0.858. The van der Waals surface area contributed by atoms with Gasteiger partial charge in [-0.1, -0.05) is 0 Å². The van der Waals surface area contributed by atoms with E-state index in [0.29, 0.717) is 11.3 Å². The number of methoxy groups -OCH3 is 1. The number of hydrogen-bond donors (Lipinski definition) is 1. The minimum Gasteiger partial charge on any atom is -0.495 e. The Morgan fingerprint density at radius 1 is 1.53 bits per heavy atom. The summed E-state index contributed by atoms with van der Waals surface area (Å²) >= 11 is 3.42. The number of carbonyl (C=O) groups is 1. The minimum absolute atomic E-state index is 0.00863. The largest absolute Gasteiger partial charge is 0.495 e. The number of ether oxygens (including phenoxy) is 1. The van der Waals surface area contributed by atoms with Crippen LogP contribution in [0.1, 0.15) is 21.5 Å². The van der Waals surface area contributed by atoms with Gasteiger partial charge in [0.15, 0.2) is 5.78 Å². The van der Waals surface area contributed by atoms with Gasteiger partial charge in [-0.05, 0) is 47.0 Å². The smallest absolute Gasteiger partial charge is 0.180 e. The van der Waals surface area contributed by atoms with E-state index in [9.17, 15) is 4.79 Å². The van der Waals surface area contributed by atoms with Crippen molar-refractivity contribution in [2.24, 2.45) is 5.73 Å². The molecule has 1 rings (SSSR count). The lowest BCUT2D eigenvalue weighted by Gasteiger charge is -2.13. The second-order valence-electron chi connectivity index (χ2n) is 3.34. The number of aryl methyl sites for hydroxylation is 1. The van der Waals surface area contributed by atoms with Crippen LogP contribution in [0.5, 0.6) is 5.75 Å². The van der Waals surface area contributed by atoms with E-state index in [0.717, 1.165) is 15.6 Å². The molecule has 3 nitrogen and oxygen atoms in total. The summed E-state index contributed by atoms with van der Waals surface area (Å²) in [7, 11) is 1.54. The molecule has 1 aromatic rings. The highest BCUT2D eigenvalue weighted by Crippen LogP contribution is 2.34. The van der Waals surface area contributed by atoms with Crippen LogP contribution >= 0.6 is 15.9 Å². The molecule has 0 atom stereocenters. The van der Waals surface area contributed by atoms with E-state index >= 15 is 0 Å². The molecule has 1 aromatic carbocycles. The molecule has 0 saturated heterocycles. The van der Waals surface area contributed by atoms with E-state index in [2.05, 4.69) is 15.9 Å². The Hall–Kier alpha value is -0.870. The van der Waals surface area contributed by atoms with Crippen molar-refractivity contribution in [2.75, 3.05) is 13.7 Å². The maximum Gasteiger partial charge on any atom is 0.180 e. The maximum absolute atomic E-state index is 11.6. The number of carbonyl (C=O) groups excluding carboxylic acids is 1. The molecule has 15 heavy (non-hydrogen) atoms. The molecule has 0 aliphatic rings. The third kappa shape index (κ3) is 2.21. The van der Waals surface area contributed by atoms with E-state index in [1.807, 2.05) is 19.9 Å². The number of rotatable bonds is 3. The Balaban J connectivity index is 3.45. The van der Waals surface area contributed by atoms with Crippen LogP contribution in [0.4, 0.5) is 0 Å². The standard InChI is InChI=1S/C11H14BrNO2/c1-6-4-8(9(14)5-13)11(15-3)10(12)7(6)2/h4H,5,13H2,1-3H3. The van der Waals surface area contributed by atoms with Crippen LogP contribution in [-0.2, 0) is 0 Å². The predicted octanol–water partition coefficient (Wildman–Crippen LogP) is 2.22. The first-order valence-electron chi connectivity index (χ1n) is 4.59. The Bertz CT molecular complexity index is 402. The third-order valence-corrected chi connectivity index (χ3v) is 3.37. The van der Waals surface area contributed by atoms with Crippen molar-refractivity contribution in [1.29, 1.82) is 0 Å². The van der Waals surface area contributed by atoms with Crippen molar-refractivity contribution in [3.8, 4) is 5.75 Å². The summed E-state index contributed by atoms with van der Waals surface area (Å²) in [5.41, 5.74) is 7.99. The molecule has 0 unspecified atom stereocenters. The third-order valence-electron chi connectivity index (χ3n) is 2.42. The van der Waals surface area contributed by atoms with Crippen molar-refractivity contribution < 1.29 is 9.53 Å². The molecule has 0 amide bonds. The fourth-order valence-corrected chi connectivity index (χ4v) is 2.06. The Kier molecular flexibility index (Phi) is 3.88. The zero-order valence-electron chi connectivity index (χ0n) is 9.06. The lowest BCUT2D eigenvalue weighted by atomic mass is 10.0. The van der Waals surface area contributed by atoms with E-state index < -0.39 is 0 Å². The fraction of sp³-hybridized carbons (Fsp3) is 0.364. The topological polar surface area (TPSA) is 52.3 Å². The molecule has 0 radical (unpaired) electrons. The van der Waals surface area contributed by atoms with Crippen molar-refractivity contribution in [2.45, 2.75) is 13.8 Å². The molecule has 2 N–H and O–H groups in total. The van der Waals surface area contributed by atoms with Gasteiger partial charge in [-0.15, -0.1) is 0 Å². The highest BCUT2D eigenvalue weighted by Gasteiger charge is 2.16. The summed E-state index contributed by atoms with van der Waals surface area (Å²) in [6.07, 6.45) is 0. The molecule has 0 bridgehead atoms. The van der Waals surface area contributed by atoms with Crippen molar-refractivity contribution in [3.63, 3.8) is 0 Å². The summed E-state index contributed by atoms with van der Waals surface area (Å²) in [5.74, 6) is 0.448. The number of halogens is 1. The van der Waals surface area contributed by atoms with Gasteiger partial charge in [0, 0.05) is 0 Å². The normalized spacial score (nSPS) is 10.2. The van der Waals surface area contributed by atoms with E-state index in [1.165, 1.54) is 0 Å². The number of hydrogen-bond acceptors (Lipinski definition) is 3. The Morgan fingerprint density at radius 3 is 2.60 bits per heavy atom. The van der Waals surface area contributed by atoms with Gasteiger partial charge in [0.2, 0.25) is 0 Å². The molecule has 0 saturated carbocycles. The molecule has 0 fully saturated rings. The van der Waals surface area contributed by atoms with Gasteiger partial charge in [0.05, 0.1) is 23.7 Å². The highest BCUT2D eigenvalue weighted by atomic mass is 79.9. The number of ketones is 1. The van der Waals surface area contributed by atoms with Crippen LogP contribution in [0.15, 0.2) is 10.5 Å². The SMILES string of the molecule is COc1c(C(=O)CN)cc(C)c(C)c1Br. The van der Waals surface area contributed by atoms with Crippen molar-refractivity contribution in [3.05, 3.63) is 27.2 Å². The predicted molar refractivity (Wildman–Crippen MR) is 63.6 cm³/mol. The molecular weight excluding hydrogens is 258 g/mol. The molecule has 0 aliphatic heterocycles. The molecule has 0 heterocycles. The molecule has 0 aliphatic carbocycles. The first kappa shape index (κ1) is 12.2. The number of nitrogens with two attached hydrogens (primary N) is 1. The minimum atomic E-state index is -0.115. The van der Waals surface area contributed by atoms with E-state index in [1.54, 1.807) is 7.11 Å². The summed E-state index contributed by atoms with van der Waals surface area (Å²) in [6, 6.07) is 1.81. The molecule has 82 valence electrons. The van der Waals surface area contributed by atoms with Crippen LogP contribution in [-0.4, -0.2) is 19.4 Å². The molecule has 0 spiro atoms. The van der Waals surface area contributed by atoms with Crippen molar-refractivity contribution in [1.82, 2.24) is 0 Å². The van der Waals surface area contributed by atoms with Gasteiger partial charge in [-0.3, -0.25) is 4.79 Å². The van der Waals surface area contributed by atoms with Gasteiger partial charge in [0.25, 0.3) is 0 Å². The number of Topliss-reactive ketones (excluding diaryl/α,β-unsaturated/α-hetero) is 1. The lowest BCUT2D eigenvalue weighted by molar-refractivity contribution is 0.0998. The molecule has 0 aromatic heterocycles. The average Bonchev–Trinajstić information content (AvgIpc) is 2.24. The summed E-state index contributed by atoms with van der Waals surface area (Å²) in [6.45, 7) is 3.91. The summed E-state index contributed by atoms with van der Waals surface area (Å²) in [4.78, 5) is 11.6. The van der Waals surface area contributed by atoms with Crippen LogP contribution in [0.3, 0.4) is 0 Å². The average molecular weight is 272 g/mol. The lowest BCUT2D eigenvalue weighted by Crippen LogP contribution is -2.15. The van der Waals surface area contributed by atoms with E-state index in [-0.39, 0.29) is 12.3 Å². The van der Waals surface area contributed by atoms with Gasteiger partial charge in [-0.2, -0.15) is 0 Å². The van der Waals surface area contributed by atoms with Crippen LogP contribution in [0, 0.1) is 13.8 Å². The van der Waals surface area contributed by atoms with Gasteiger partial charge >= 0.3 is 0 Å². The fourth-order valence-electron chi connectivity index (χ4n) is 1.37. The zero-order chi connectivity index (χ0) is 11.6. The van der Waals surface area contributed by atoms with E-state index in [4.69, 9.17) is 10.5 Å². The highest BCUT2D eigenvalue weighted by molar-refractivity contribution is 9.10. The Morgan fingerprint density at radius 2 is 2.13 bits per heavy atom. The zero-order valence-corrected chi connectivity index (χ0v) is 10.6. The number of benzene rings is 1. The second kappa shape index (κ2) is 4.77. The Labute approximate surface area is 97.7 Å². The maximum atomic E-state index is 11.6. The first-order valence-corrected chi connectivity index (χ1v) is 5.39. The van der Waals surface area contributed by atoms with Crippen LogP contribution in [0.25, 0.3) is 0 Å². The van der Waals surface area contributed by atoms with Gasteiger partial charge < -0.3 is 10.5 Å². The molecular formula is C11H14BrNO2. The monoisotopic (exact) mass is 271 g/mol. The van der Waals surface area contributed by atoms with Gasteiger partial charge in [-0.25, -0.2) is 0 Å². The van der Waals surface area contributed by atoms with Gasteiger partial charge in [0.1, 0.15) is 5.75 Å². The van der Waals surface area contributed by atoms with Crippen LogP contribution < -0.4 is 10.5 Å². The molecule has 4 heteroatoms.